The van der Waals surface area contributed by atoms with E-state index in [1.807, 2.05) is 6.07 Å². The van der Waals surface area contributed by atoms with Crippen LogP contribution in [0, 0.1) is 0 Å². The van der Waals surface area contributed by atoms with Crippen LogP contribution in [0.3, 0.4) is 0 Å². The van der Waals surface area contributed by atoms with E-state index < -0.39 is 5.54 Å². The molecule has 2 N–H and O–H groups in total. The highest BCUT2D eigenvalue weighted by molar-refractivity contribution is 9.11. The van der Waals surface area contributed by atoms with E-state index in [-0.39, 0.29) is 0 Å². The third-order valence-corrected chi connectivity index (χ3v) is 4.91. The number of nitrogens with two attached hydrogens (primary N) is 1. The van der Waals surface area contributed by atoms with E-state index in [0.29, 0.717) is 17.4 Å². The quantitative estimate of drug-likeness (QED) is 0.744. The van der Waals surface area contributed by atoms with Gasteiger partial charge in [-0.1, -0.05) is 30.8 Å². The number of aromatic nitrogens is 3. The molecule has 0 radical (unpaired) electrons. The molecule has 0 unspecified atom stereocenters. The number of halogens is 2. The van der Waals surface area contributed by atoms with Crippen LogP contribution in [-0.4, -0.2) is 15.1 Å². The summed E-state index contributed by atoms with van der Waals surface area (Å²) in [6.07, 6.45) is 8.15. The van der Waals surface area contributed by atoms with E-state index in [4.69, 9.17) is 10.3 Å². The summed E-state index contributed by atoms with van der Waals surface area (Å²) < 4.78 is 7.15. The van der Waals surface area contributed by atoms with Gasteiger partial charge in [0.15, 0.2) is 0 Å². The zero-order valence-electron chi connectivity index (χ0n) is 11.5. The standard InChI is InChI=1S/C14H16Br2N4O/c15-9-7-10(16)11(18-8-9)12-19-13(21-20-12)14(17)5-3-1-2-4-6-14/h7-8H,1-6,17H2. The molecule has 0 aromatic carbocycles. The summed E-state index contributed by atoms with van der Waals surface area (Å²) in [6, 6.07) is 1.90. The van der Waals surface area contributed by atoms with Gasteiger partial charge in [-0.05, 0) is 50.8 Å². The molecule has 21 heavy (non-hydrogen) atoms. The van der Waals surface area contributed by atoms with E-state index in [9.17, 15) is 0 Å². The van der Waals surface area contributed by atoms with Crippen LogP contribution in [0.4, 0.5) is 0 Å². The first-order chi connectivity index (χ1) is 10.1. The van der Waals surface area contributed by atoms with Gasteiger partial charge in [0.2, 0.25) is 11.7 Å². The highest BCUT2D eigenvalue weighted by Gasteiger charge is 2.34. The van der Waals surface area contributed by atoms with E-state index in [2.05, 4.69) is 47.0 Å². The summed E-state index contributed by atoms with van der Waals surface area (Å²) in [6.45, 7) is 0. The number of nitrogens with zero attached hydrogens (tertiary/aromatic N) is 3. The molecule has 7 heteroatoms. The molecular formula is C14H16Br2N4O. The summed E-state index contributed by atoms with van der Waals surface area (Å²) in [5.74, 6) is 0.995. The lowest BCUT2D eigenvalue weighted by molar-refractivity contribution is 0.257. The van der Waals surface area contributed by atoms with Crippen molar-refractivity contribution in [3.05, 3.63) is 27.1 Å². The molecule has 1 saturated carbocycles. The molecule has 0 saturated heterocycles. The van der Waals surface area contributed by atoms with Crippen LogP contribution in [0.5, 0.6) is 0 Å². The third-order valence-electron chi connectivity index (χ3n) is 3.87. The molecule has 2 aromatic heterocycles. The molecule has 0 spiro atoms. The van der Waals surface area contributed by atoms with Crippen LogP contribution in [-0.2, 0) is 5.54 Å². The molecule has 0 bridgehead atoms. The largest absolute Gasteiger partial charge is 0.337 e. The second-order valence-corrected chi connectivity index (χ2v) is 7.25. The Balaban J connectivity index is 1.92. The molecule has 1 fully saturated rings. The van der Waals surface area contributed by atoms with Gasteiger partial charge in [-0.15, -0.1) is 0 Å². The minimum absolute atomic E-state index is 0.471. The van der Waals surface area contributed by atoms with Crippen molar-refractivity contribution in [1.29, 1.82) is 0 Å². The summed E-state index contributed by atoms with van der Waals surface area (Å²) in [5, 5.41) is 4.05. The SMILES string of the molecule is NC1(c2nc(-c3ncc(Br)cc3Br)no2)CCCCCC1. The highest BCUT2D eigenvalue weighted by atomic mass is 79.9. The zero-order chi connectivity index (χ0) is 14.9. The van der Waals surface area contributed by atoms with Gasteiger partial charge >= 0.3 is 0 Å². The first-order valence-corrected chi connectivity index (χ1v) is 8.62. The van der Waals surface area contributed by atoms with E-state index in [0.717, 1.165) is 34.6 Å². The smallest absolute Gasteiger partial charge is 0.247 e. The minimum Gasteiger partial charge on any atom is -0.337 e. The fraction of sp³-hybridized carbons (Fsp3) is 0.500. The Hall–Kier alpha value is -0.790. The second-order valence-electron chi connectivity index (χ2n) is 5.48. The molecule has 1 aliphatic rings. The third kappa shape index (κ3) is 3.19. The monoisotopic (exact) mass is 414 g/mol. The highest BCUT2D eigenvalue weighted by Crippen LogP contribution is 2.34. The van der Waals surface area contributed by atoms with Crippen molar-refractivity contribution in [3.63, 3.8) is 0 Å². The Bertz CT molecular complexity index is 636. The molecular weight excluding hydrogens is 400 g/mol. The summed E-state index contributed by atoms with van der Waals surface area (Å²) >= 11 is 6.85. The Morgan fingerprint density at radius 2 is 1.86 bits per heavy atom. The zero-order valence-corrected chi connectivity index (χ0v) is 14.7. The van der Waals surface area contributed by atoms with E-state index >= 15 is 0 Å². The van der Waals surface area contributed by atoms with Crippen molar-refractivity contribution in [2.75, 3.05) is 0 Å². The van der Waals surface area contributed by atoms with Gasteiger partial charge in [-0.25, -0.2) is 0 Å². The normalized spacial score (nSPS) is 18.4. The average molecular weight is 416 g/mol. The lowest BCUT2D eigenvalue weighted by Crippen LogP contribution is -2.36. The fourth-order valence-corrected chi connectivity index (χ4v) is 3.84. The molecule has 0 aliphatic heterocycles. The Morgan fingerprint density at radius 1 is 1.14 bits per heavy atom. The molecule has 5 nitrogen and oxygen atoms in total. The topological polar surface area (TPSA) is 77.8 Å². The molecule has 3 rings (SSSR count). The van der Waals surface area contributed by atoms with Gasteiger partial charge in [-0.2, -0.15) is 4.98 Å². The predicted octanol–water partition coefficient (Wildman–Crippen LogP) is 4.16. The fourth-order valence-electron chi connectivity index (χ4n) is 2.67. The lowest BCUT2D eigenvalue weighted by atomic mass is 9.91. The van der Waals surface area contributed by atoms with Crippen LogP contribution in [0.25, 0.3) is 11.5 Å². The van der Waals surface area contributed by atoms with Gasteiger partial charge in [-0.3, -0.25) is 4.98 Å². The van der Waals surface area contributed by atoms with Gasteiger partial charge in [0.1, 0.15) is 5.69 Å². The average Bonchev–Trinajstić information content (AvgIpc) is 2.83. The molecule has 112 valence electrons. The van der Waals surface area contributed by atoms with Crippen molar-refractivity contribution >= 4 is 31.9 Å². The van der Waals surface area contributed by atoms with E-state index in [1.54, 1.807) is 6.20 Å². The Kier molecular flexibility index (Phi) is 4.42. The maximum Gasteiger partial charge on any atom is 0.247 e. The molecule has 0 atom stereocenters. The summed E-state index contributed by atoms with van der Waals surface area (Å²) in [4.78, 5) is 8.83. The van der Waals surface area contributed by atoms with Crippen molar-refractivity contribution in [2.24, 2.45) is 5.73 Å². The van der Waals surface area contributed by atoms with Crippen LogP contribution >= 0.6 is 31.9 Å². The molecule has 1 aliphatic carbocycles. The van der Waals surface area contributed by atoms with Crippen LogP contribution in [0.2, 0.25) is 0 Å². The minimum atomic E-state index is -0.496. The number of pyridine rings is 1. The second kappa shape index (κ2) is 6.14. The van der Waals surface area contributed by atoms with Gasteiger partial charge in [0.25, 0.3) is 0 Å². The van der Waals surface area contributed by atoms with Crippen molar-refractivity contribution in [3.8, 4) is 11.5 Å². The molecule has 0 amide bonds. The van der Waals surface area contributed by atoms with Gasteiger partial charge in [0, 0.05) is 15.1 Å². The van der Waals surface area contributed by atoms with Crippen LogP contribution in [0.15, 0.2) is 25.7 Å². The van der Waals surface area contributed by atoms with E-state index in [1.165, 1.54) is 12.8 Å². The van der Waals surface area contributed by atoms with Crippen molar-refractivity contribution < 1.29 is 4.52 Å². The van der Waals surface area contributed by atoms with Gasteiger partial charge in [0.05, 0.1) is 5.54 Å². The molecule has 2 heterocycles. The molecule has 2 aromatic rings. The lowest BCUT2D eigenvalue weighted by Gasteiger charge is -2.22. The van der Waals surface area contributed by atoms with Crippen molar-refractivity contribution in [2.45, 2.75) is 44.1 Å². The maximum atomic E-state index is 6.50. The summed E-state index contributed by atoms with van der Waals surface area (Å²) in [5.41, 5.74) is 6.66. The maximum absolute atomic E-state index is 6.50. The number of hydrogen-bond acceptors (Lipinski definition) is 5. The van der Waals surface area contributed by atoms with Crippen LogP contribution in [0.1, 0.15) is 44.4 Å². The van der Waals surface area contributed by atoms with Crippen LogP contribution < -0.4 is 5.73 Å². The number of hydrogen-bond donors (Lipinski definition) is 1. The van der Waals surface area contributed by atoms with Crippen molar-refractivity contribution in [1.82, 2.24) is 15.1 Å². The Morgan fingerprint density at radius 3 is 2.52 bits per heavy atom. The first-order valence-electron chi connectivity index (χ1n) is 7.03. The van der Waals surface area contributed by atoms with Gasteiger partial charge < -0.3 is 10.3 Å². The predicted molar refractivity (Wildman–Crippen MR) is 86.5 cm³/mol. The first kappa shape index (κ1) is 15.1. The number of rotatable bonds is 2. The Labute approximate surface area is 140 Å². The summed E-state index contributed by atoms with van der Waals surface area (Å²) in [7, 11) is 0.